The van der Waals surface area contributed by atoms with Crippen LogP contribution in [0.15, 0.2) is 64.8 Å². The summed E-state index contributed by atoms with van der Waals surface area (Å²) in [5.74, 6) is -0.0378. The van der Waals surface area contributed by atoms with Gasteiger partial charge in [-0.3, -0.25) is 4.79 Å². The Balaban J connectivity index is 1.73. The van der Waals surface area contributed by atoms with Crippen molar-refractivity contribution in [1.82, 2.24) is 15.1 Å². The molecule has 1 amide bonds. The van der Waals surface area contributed by atoms with Crippen LogP contribution in [0.25, 0.3) is 23.0 Å². The fourth-order valence-corrected chi connectivity index (χ4v) is 5.93. The summed E-state index contributed by atoms with van der Waals surface area (Å²) < 4.78 is 31.1. The Morgan fingerprint density at radius 3 is 2.68 bits per heavy atom. The Morgan fingerprint density at radius 1 is 1.29 bits per heavy atom. The standard InChI is InChI=1S/C24H21BrN4O4S/c1-33-22-8-7-16(12-21(22)25)23-18(14-29(28-23)20-5-3-2-4-6-20)11-17(13-26)24(30)27-19-9-10-34(31,32)15-19/h2-8,11-12,14,19H,9-10,15H2,1H3,(H,27,30)/b17-11+/t19-/m1/s1. The Labute approximate surface area is 205 Å². The molecule has 2 heterocycles. The fourth-order valence-electron chi connectivity index (χ4n) is 3.72. The van der Waals surface area contributed by atoms with Gasteiger partial charge in [-0.25, -0.2) is 13.1 Å². The first kappa shape index (κ1) is 23.7. The first-order chi connectivity index (χ1) is 16.3. The second kappa shape index (κ2) is 9.83. The van der Waals surface area contributed by atoms with Gasteiger partial charge in [0, 0.05) is 23.4 Å². The van der Waals surface area contributed by atoms with E-state index in [1.807, 2.05) is 48.5 Å². The molecule has 2 aromatic carbocycles. The van der Waals surface area contributed by atoms with Gasteiger partial charge in [-0.05, 0) is 58.8 Å². The molecule has 1 aliphatic rings. The predicted molar refractivity (Wildman–Crippen MR) is 132 cm³/mol. The van der Waals surface area contributed by atoms with Gasteiger partial charge in [0.25, 0.3) is 5.91 Å². The molecule has 0 aliphatic carbocycles. The number of sulfone groups is 1. The Hall–Kier alpha value is -3.42. The highest BCUT2D eigenvalue weighted by Gasteiger charge is 2.29. The van der Waals surface area contributed by atoms with Crippen molar-refractivity contribution < 1.29 is 17.9 Å². The average molecular weight is 541 g/mol. The van der Waals surface area contributed by atoms with Crippen molar-refractivity contribution in [3.05, 3.63) is 70.3 Å². The number of para-hydroxylation sites is 1. The molecule has 1 aromatic heterocycles. The molecular formula is C24H21BrN4O4S. The molecule has 0 saturated carbocycles. The van der Waals surface area contributed by atoms with Crippen LogP contribution >= 0.6 is 15.9 Å². The molecule has 1 fully saturated rings. The van der Waals surface area contributed by atoms with Crippen molar-refractivity contribution in [3.8, 4) is 28.8 Å². The molecule has 174 valence electrons. The van der Waals surface area contributed by atoms with Gasteiger partial charge in [0.1, 0.15) is 23.1 Å². The van der Waals surface area contributed by atoms with E-state index in [0.29, 0.717) is 23.4 Å². The number of amides is 1. The topological polar surface area (TPSA) is 114 Å². The van der Waals surface area contributed by atoms with Crippen LogP contribution in [0.3, 0.4) is 0 Å². The first-order valence-electron chi connectivity index (χ1n) is 10.4. The van der Waals surface area contributed by atoms with Gasteiger partial charge in [0.2, 0.25) is 0 Å². The van der Waals surface area contributed by atoms with Crippen molar-refractivity contribution in [2.75, 3.05) is 18.6 Å². The lowest BCUT2D eigenvalue weighted by Gasteiger charge is -2.10. The number of nitrogens with zero attached hydrogens (tertiary/aromatic N) is 3. The molecule has 0 spiro atoms. The highest BCUT2D eigenvalue weighted by atomic mass is 79.9. The molecule has 1 saturated heterocycles. The molecule has 34 heavy (non-hydrogen) atoms. The molecule has 0 unspecified atom stereocenters. The fraction of sp³-hybridized carbons (Fsp3) is 0.208. The number of halogens is 1. The minimum absolute atomic E-state index is 0.0316. The van der Waals surface area contributed by atoms with E-state index in [1.165, 1.54) is 6.08 Å². The van der Waals surface area contributed by atoms with E-state index < -0.39 is 21.8 Å². The van der Waals surface area contributed by atoms with Gasteiger partial charge in [-0.15, -0.1) is 0 Å². The van der Waals surface area contributed by atoms with Crippen LogP contribution in [-0.2, 0) is 14.6 Å². The molecule has 8 nitrogen and oxygen atoms in total. The largest absolute Gasteiger partial charge is 0.496 e. The van der Waals surface area contributed by atoms with E-state index in [2.05, 4.69) is 21.2 Å². The van der Waals surface area contributed by atoms with E-state index in [4.69, 9.17) is 9.84 Å². The maximum Gasteiger partial charge on any atom is 0.262 e. The summed E-state index contributed by atoms with van der Waals surface area (Å²) in [6.07, 6.45) is 3.55. The monoisotopic (exact) mass is 540 g/mol. The second-order valence-electron chi connectivity index (χ2n) is 7.81. The number of carbonyl (C=O) groups is 1. The molecule has 0 bridgehead atoms. The number of aromatic nitrogens is 2. The zero-order valence-corrected chi connectivity index (χ0v) is 20.6. The Bertz CT molecular complexity index is 1410. The Kier molecular flexibility index (Phi) is 6.86. The molecule has 1 atom stereocenters. The highest BCUT2D eigenvalue weighted by Crippen LogP contribution is 2.32. The maximum absolute atomic E-state index is 12.8. The highest BCUT2D eigenvalue weighted by molar-refractivity contribution is 9.10. The van der Waals surface area contributed by atoms with Crippen LogP contribution in [0.2, 0.25) is 0 Å². The van der Waals surface area contributed by atoms with Crippen molar-refractivity contribution >= 4 is 37.8 Å². The summed E-state index contributed by atoms with van der Waals surface area (Å²) in [7, 11) is -1.58. The maximum atomic E-state index is 12.8. The third-order valence-electron chi connectivity index (χ3n) is 5.42. The van der Waals surface area contributed by atoms with E-state index in [0.717, 1.165) is 15.7 Å². The van der Waals surface area contributed by atoms with Crippen LogP contribution in [0, 0.1) is 11.3 Å². The molecular weight excluding hydrogens is 520 g/mol. The predicted octanol–water partition coefficient (Wildman–Crippen LogP) is 3.52. The van der Waals surface area contributed by atoms with Crippen molar-refractivity contribution in [2.24, 2.45) is 0 Å². The molecule has 1 N–H and O–H groups in total. The van der Waals surface area contributed by atoms with E-state index in [-0.39, 0.29) is 17.1 Å². The SMILES string of the molecule is COc1ccc(-c2nn(-c3ccccc3)cc2/C=C(\C#N)C(=O)N[C@@H]2CCS(=O)(=O)C2)cc1Br. The van der Waals surface area contributed by atoms with E-state index >= 15 is 0 Å². The lowest BCUT2D eigenvalue weighted by molar-refractivity contribution is -0.117. The van der Waals surface area contributed by atoms with Gasteiger partial charge in [-0.1, -0.05) is 18.2 Å². The molecule has 3 aromatic rings. The minimum atomic E-state index is -3.16. The van der Waals surface area contributed by atoms with Crippen LogP contribution in [0.1, 0.15) is 12.0 Å². The summed E-state index contributed by atoms with van der Waals surface area (Å²) in [6.45, 7) is 0. The molecule has 0 radical (unpaired) electrons. The summed E-state index contributed by atoms with van der Waals surface area (Å²) in [5.41, 5.74) is 2.57. The second-order valence-corrected chi connectivity index (χ2v) is 10.9. The molecule has 4 rings (SSSR count). The smallest absolute Gasteiger partial charge is 0.262 e. The van der Waals surface area contributed by atoms with Crippen molar-refractivity contribution in [3.63, 3.8) is 0 Å². The summed E-state index contributed by atoms with van der Waals surface area (Å²) in [5, 5.41) is 17.1. The van der Waals surface area contributed by atoms with Gasteiger partial charge >= 0.3 is 0 Å². The zero-order chi connectivity index (χ0) is 24.3. The molecule has 10 heteroatoms. The number of nitriles is 1. The minimum Gasteiger partial charge on any atom is -0.496 e. The first-order valence-corrected chi connectivity index (χ1v) is 13.0. The number of methoxy groups -OCH3 is 1. The average Bonchev–Trinajstić information content (AvgIpc) is 3.40. The van der Waals surface area contributed by atoms with Gasteiger partial charge in [-0.2, -0.15) is 10.4 Å². The van der Waals surface area contributed by atoms with Crippen LogP contribution in [0.4, 0.5) is 0 Å². The number of hydrogen-bond acceptors (Lipinski definition) is 6. The lowest BCUT2D eigenvalue weighted by atomic mass is 10.1. The molecule has 1 aliphatic heterocycles. The van der Waals surface area contributed by atoms with Crippen molar-refractivity contribution in [1.29, 1.82) is 5.26 Å². The summed E-state index contributed by atoms with van der Waals surface area (Å²) >= 11 is 3.49. The van der Waals surface area contributed by atoms with Gasteiger partial charge in [0.15, 0.2) is 9.84 Å². The number of carbonyl (C=O) groups excluding carboxylic acids is 1. The lowest BCUT2D eigenvalue weighted by Crippen LogP contribution is -2.36. The summed E-state index contributed by atoms with van der Waals surface area (Å²) in [6, 6.07) is 16.4. The van der Waals surface area contributed by atoms with Crippen LogP contribution in [0.5, 0.6) is 5.75 Å². The third-order valence-corrected chi connectivity index (χ3v) is 7.81. The quantitative estimate of drug-likeness (QED) is 0.378. The van der Waals surface area contributed by atoms with Crippen LogP contribution in [-0.4, -0.2) is 48.8 Å². The summed E-state index contributed by atoms with van der Waals surface area (Å²) in [4.78, 5) is 12.8. The number of ether oxygens (including phenoxy) is 1. The number of hydrogen-bond donors (Lipinski definition) is 1. The third kappa shape index (κ3) is 5.21. The van der Waals surface area contributed by atoms with Crippen LogP contribution < -0.4 is 10.1 Å². The van der Waals surface area contributed by atoms with E-state index in [1.54, 1.807) is 24.1 Å². The van der Waals surface area contributed by atoms with Crippen molar-refractivity contribution in [2.45, 2.75) is 12.5 Å². The van der Waals surface area contributed by atoms with Gasteiger partial charge < -0.3 is 10.1 Å². The van der Waals surface area contributed by atoms with Gasteiger partial charge in [0.05, 0.1) is 28.8 Å². The normalized spacial score (nSPS) is 17.2. The number of rotatable bonds is 6. The zero-order valence-electron chi connectivity index (χ0n) is 18.2. The Morgan fingerprint density at radius 2 is 2.06 bits per heavy atom. The van der Waals surface area contributed by atoms with E-state index in [9.17, 15) is 18.5 Å². The number of nitrogens with one attached hydrogen (secondary N) is 1. The number of benzene rings is 2.